The number of anilines is 1. The van der Waals surface area contributed by atoms with Crippen molar-refractivity contribution in [2.45, 2.75) is 45.6 Å². The van der Waals surface area contributed by atoms with Crippen molar-refractivity contribution in [2.75, 3.05) is 11.4 Å². The number of aliphatic carboxylic acids is 1. The average Bonchev–Trinajstić information content (AvgIpc) is 2.51. The average molecular weight is 292 g/mol. The van der Waals surface area contributed by atoms with Gasteiger partial charge in [-0.2, -0.15) is 0 Å². The molecule has 0 fully saturated rings. The molecule has 0 atom stereocenters. The van der Waals surface area contributed by atoms with Gasteiger partial charge in [0.2, 0.25) is 0 Å². The van der Waals surface area contributed by atoms with Gasteiger partial charge in [0.25, 0.3) is 0 Å². The van der Waals surface area contributed by atoms with Gasteiger partial charge in [-0.3, -0.25) is 9.69 Å². The zero-order chi connectivity index (χ0) is 15.9. The highest BCUT2D eigenvalue weighted by atomic mass is 16.4. The van der Waals surface area contributed by atoms with Crippen LogP contribution in [0.25, 0.3) is 0 Å². The number of nitrogens with zero attached hydrogens (tertiary/aromatic N) is 1. The summed E-state index contributed by atoms with van der Waals surface area (Å²) < 4.78 is 0. The van der Waals surface area contributed by atoms with Gasteiger partial charge >= 0.3 is 12.0 Å². The number of carboxylic acids is 1. The summed E-state index contributed by atoms with van der Waals surface area (Å²) in [6.45, 7) is 5.72. The molecule has 2 N–H and O–H groups in total. The minimum absolute atomic E-state index is 0.289. The van der Waals surface area contributed by atoms with Crippen molar-refractivity contribution in [3.63, 3.8) is 0 Å². The molecule has 2 amide bonds. The Bertz CT molecular complexity index is 461. The zero-order valence-electron chi connectivity index (χ0n) is 12.9. The van der Waals surface area contributed by atoms with Crippen LogP contribution in [0.15, 0.2) is 30.3 Å². The molecule has 5 nitrogen and oxygen atoms in total. The third-order valence-corrected chi connectivity index (χ3v) is 4.01. The predicted octanol–water partition coefficient (Wildman–Crippen LogP) is 3.26. The Hall–Kier alpha value is -2.04. The number of benzene rings is 1. The summed E-state index contributed by atoms with van der Waals surface area (Å²) in [4.78, 5) is 24.8. The summed E-state index contributed by atoms with van der Waals surface area (Å²) in [5.74, 6) is -1.04. The van der Waals surface area contributed by atoms with Gasteiger partial charge in [0.05, 0.1) is 0 Å². The number of rotatable bonds is 7. The Balaban J connectivity index is 2.98. The Morgan fingerprint density at radius 2 is 1.62 bits per heavy atom. The summed E-state index contributed by atoms with van der Waals surface area (Å²) in [5, 5.41) is 12.0. The van der Waals surface area contributed by atoms with E-state index in [-0.39, 0.29) is 18.1 Å². The van der Waals surface area contributed by atoms with Crippen molar-refractivity contribution < 1.29 is 14.7 Å². The van der Waals surface area contributed by atoms with Gasteiger partial charge in [-0.05, 0) is 31.4 Å². The third kappa shape index (κ3) is 4.48. The van der Waals surface area contributed by atoms with Crippen LogP contribution in [0.1, 0.15) is 40.0 Å². The molecule has 21 heavy (non-hydrogen) atoms. The summed E-state index contributed by atoms with van der Waals surface area (Å²) in [6.07, 6.45) is 2.42. The lowest BCUT2D eigenvalue weighted by Gasteiger charge is -2.34. The van der Waals surface area contributed by atoms with Crippen molar-refractivity contribution in [2.24, 2.45) is 0 Å². The highest BCUT2D eigenvalue weighted by molar-refractivity contribution is 5.96. The quantitative estimate of drug-likeness (QED) is 0.810. The van der Waals surface area contributed by atoms with E-state index < -0.39 is 5.97 Å². The second kappa shape index (κ2) is 7.67. The first kappa shape index (κ1) is 17.0. The molecule has 0 unspecified atom stereocenters. The molecule has 0 aliphatic carbocycles. The maximum atomic E-state index is 12.5. The molecule has 0 bridgehead atoms. The minimum Gasteiger partial charge on any atom is -0.480 e. The van der Waals surface area contributed by atoms with Crippen molar-refractivity contribution in [3.05, 3.63) is 30.3 Å². The first-order valence-electron chi connectivity index (χ1n) is 7.34. The summed E-state index contributed by atoms with van der Waals surface area (Å²) >= 11 is 0. The number of para-hydroxylation sites is 1. The normalized spacial score (nSPS) is 11.0. The number of carbonyl (C=O) groups excluding carboxylic acids is 1. The minimum atomic E-state index is -1.04. The van der Waals surface area contributed by atoms with Gasteiger partial charge in [-0.15, -0.1) is 0 Å². The lowest BCUT2D eigenvalue weighted by molar-refractivity contribution is -0.135. The number of carbonyl (C=O) groups is 2. The van der Waals surface area contributed by atoms with Gasteiger partial charge < -0.3 is 10.4 Å². The highest BCUT2D eigenvalue weighted by Crippen LogP contribution is 2.21. The smallest absolute Gasteiger partial charge is 0.323 e. The third-order valence-electron chi connectivity index (χ3n) is 4.01. The Kier molecular flexibility index (Phi) is 6.21. The summed E-state index contributed by atoms with van der Waals surface area (Å²) in [7, 11) is 0. The number of hydrogen-bond donors (Lipinski definition) is 2. The molecule has 1 rings (SSSR count). The van der Waals surface area contributed by atoms with Crippen LogP contribution in [-0.4, -0.2) is 29.2 Å². The Labute approximate surface area is 126 Å². The van der Waals surface area contributed by atoms with Crippen molar-refractivity contribution in [1.29, 1.82) is 0 Å². The molecule has 0 saturated carbocycles. The van der Waals surface area contributed by atoms with E-state index >= 15 is 0 Å². The zero-order valence-corrected chi connectivity index (χ0v) is 12.9. The first-order valence-corrected chi connectivity index (χ1v) is 7.34. The van der Waals surface area contributed by atoms with E-state index in [9.17, 15) is 9.59 Å². The van der Waals surface area contributed by atoms with E-state index in [1.807, 2.05) is 26.8 Å². The number of urea groups is 1. The van der Waals surface area contributed by atoms with Crippen molar-refractivity contribution in [3.8, 4) is 0 Å². The van der Waals surface area contributed by atoms with E-state index in [0.29, 0.717) is 5.69 Å². The van der Waals surface area contributed by atoms with Crippen molar-refractivity contribution in [1.82, 2.24) is 5.32 Å². The van der Waals surface area contributed by atoms with Crippen molar-refractivity contribution >= 4 is 17.7 Å². The van der Waals surface area contributed by atoms with Crippen LogP contribution in [0.4, 0.5) is 10.5 Å². The molecular weight excluding hydrogens is 268 g/mol. The lowest BCUT2D eigenvalue weighted by Crippen LogP contribution is -2.53. The van der Waals surface area contributed by atoms with E-state index in [4.69, 9.17) is 5.11 Å². The van der Waals surface area contributed by atoms with E-state index in [1.165, 1.54) is 4.90 Å². The van der Waals surface area contributed by atoms with E-state index in [2.05, 4.69) is 5.32 Å². The monoisotopic (exact) mass is 292 g/mol. The molecule has 116 valence electrons. The van der Waals surface area contributed by atoms with Crippen LogP contribution in [0.5, 0.6) is 0 Å². The molecule has 1 aromatic carbocycles. The molecule has 0 heterocycles. The van der Waals surface area contributed by atoms with Crippen LogP contribution in [0.2, 0.25) is 0 Å². The van der Waals surface area contributed by atoms with Gasteiger partial charge in [0.1, 0.15) is 6.54 Å². The number of amides is 2. The maximum Gasteiger partial charge on any atom is 0.323 e. The molecule has 0 spiro atoms. The standard InChI is InChI=1S/C16H24N2O3/c1-4-16(5-2,6-3)17-15(21)18(12-14(19)20)13-10-8-7-9-11-13/h7-11H,4-6,12H2,1-3H3,(H,17,21)(H,19,20). The van der Waals surface area contributed by atoms with Gasteiger partial charge in [-0.1, -0.05) is 39.0 Å². The Morgan fingerprint density at radius 3 is 2.05 bits per heavy atom. The van der Waals surface area contributed by atoms with Gasteiger partial charge in [-0.25, -0.2) is 4.79 Å². The summed E-state index contributed by atoms with van der Waals surface area (Å²) in [6, 6.07) is 8.49. The molecule has 0 aromatic heterocycles. The highest BCUT2D eigenvalue weighted by Gasteiger charge is 2.29. The molecular formula is C16H24N2O3. The molecule has 1 aromatic rings. The second-order valence-electron chi connectivity index (χ2n) is 5.09. The first-order chi connectivity index (χ1) is 9.98. The van der Waals surface area contributed by atoms with Crippen LogP contribution in [-0.2, 0) is 4.79 Å². The van der Waals surface area contributed by atoms with Gasteiger partial charge in [0, 0.05) is 11.2 Å². The van der Waals surface area contributed by atoms with E-state index in [1.54, 1.807) is 24.3 Å². The SMILES string of the molecule is CCC(CC)(CC)NC(=O)N(CC(=O)O)c1ccccc1. The fourth-order valence-electron chi connectivity index (χ4n) is 2.33. The molecule has 0 aliphatic heterocycles. The lowest BCUT2D eigenvalue weighted by atomic mass is 9.90. The molecule has 0 aliphatic rings. The molecule has 0 saturated heterocycles. The Morgan fingerprint density at radius 1 is 1.10 bits per heavy atom. The predicted molar refractivity (Wildman–Crippen MR) is 83.6 cm³/mol. The summed E-state index contributed by atoms with van der Waals surface area (Å²) in [5.41, 5.74) is 0.289. The largest absolute Gasteiger partial charge is 0.480 e. The second-order valence-corrected chi connectivity index (χ2v) is 5.09. The fraction of sp³-hybridized carbons (Fsp3) is 0.500. The number of nitrogens with one attached hydrogen (secondary N) is 1. The van der Waals surface area contributed by atoms with E-state index in [0.717, 1.165) is 19.3 Å². The fourth-order valence-corrected chi connectivity index (χ4v) is 2.33. The number of carboxylic acid groups (broad SMARTS) is 1. The molecule has 5 heteroatoms. The van der Waals surface area contributed by atoms with Crippen LogP contribution in [0.3, 0.4) is 0 Å². The number of hydrogen-bond acceptors (Lipinski definition) is 2. The van der Waals surface area contributed by atoms with Crippen LogP contribution in [0, 0.1) is 0 Å². The van der Waals surface area contributed by atoms with Crippen LogP contribution >= 0.6 is 0 Å². The maximum absolute atomic E-state index is 12.5. The topological polar surface area (TPSA) is 69.6 Å². The van der Waals surface area contributed by atoms with Crippen LogP contribution < -0.4 is 10.2 Å². The molecule has 0 radical (unpaired) electrons. The van der Waals surface area contributed by atoms with Gasteiger partial charge in [0.15, 0.2) is 0 Å².